The molecule has 1 N–H and O–H groups in total. The van der Waals surface area contributed by atoms with Gasteiger partial charge in [-0.25, -0.2) is 0 Å². The highest BCUT2D eigenvalue weighted by Crippen LogP contribution is 2.19. The first kappa shape index (κ1) is 14.5. The number of carbonyl (C=O) groups excluding carboxylic acids is 1. The average Bonchev–Trinajstić information content (AvgIpc) is 2.26. The fraction of sp³-hybridized carbons (Fsp3) is 0.923. The summed E-state index contributed by atoms with van der Waals surface area (Å²) in [6.45, 7) is 8.74. The SMILES string of the molecule is CCOC(=O)C1CCN(CCC(C)(C)O)CC1. The summed E-state index contributed by atoms with van der Waals surface area (Å²) < 4.78 is 5.03. The monoisotopic (exact) mass is 243 g/mol. The van der Waals surface area contributed by atoms with Gasteiger partial charge in [0.05, 0.1) is 18.1 Å². The third-order valence-electron chi connectivity index (χ3n) is 3.25. The highest BCUT2D eigenvalue weighted by atomic mass is 16.5. The zero-order chi connectivity index (χ0) is 12.9. The molecular weight excluding hydrogens is 218 g/mol. The molecule has 0 radical (unpaired) electrons. The van der Waals surface area contributed by atoms with Gasteiger partial charge >= 0.3 is 5.97 Å². The topological polar surface area (TPSA) is 49.8 Å². The number of aliphatic hydroxyl groups is 1. The van der Waals surface area contributed by atoms with E-state index >= 15 is 0 Å². The smallest absolute Gasteiger partial charge is 0.309 e. The number of likely N-dealkylation sites (tertiary alicyclic amines) is 1. The number of rotatable bonds is 5. The van der Waals surface area contributed by atoms with Gasteiger partial charge in [-0.3, -0.25) is 4.79 Å². The zero-order valence-electron chi connectivity index (χ0n) is 11.2. The van der Waals surface area contributed by atoms with Crippen molar-refractivity contribution in [3.8, 4) is 0 Å². The first-order valence-corrected chi connectivity index (χ1v) is 6.54. The molecule has 1 aliphatic heterocycles. The van der Waals surface area contributed by atoms with E-state index in [2.05, 4.69) is 4.90 Å². The Balaban J connectivity index is 2.24. The lowest BCUT2D eigenvalue weighted by Gasteiger charge is -2.32. The van der Waals surface area contributed by atoms with Crippen LogP contribution in [0.4, 0.5) is 0 Å². The van der Waals surface area contributed by atoms with E-state index in [1.165, 1.54) is 0 Å². The van der Waals surface area contributed by atoms with Gasteiger partial charge in [0, 0.05) is 6.54 Å². The van der Waals surface area contributed by atoms with Crippen LogP contribution in [-0.2, 0) is 9.53 Å². The summed E-state index contributed by atoms with van der Waals surface area (Å²) in [5.74, 6) is 0.0305. The highest BCUT2D eigenvalue weighted by Gasteiger charge is 2.26. The molecule has 1 aliphatic rings. The Bertz CT molecular complexity index is 240. The molecule has 1 heterocycles. The normalized spacial score (nSPS) is 19.3. The third kappa shape index (κ3) is 5.50. The van der Waals surface area contributed by atoms with Crippen LogP contribution in [0, 0.1) is 5.92 Å². The standard InChI is InChI=1S/C13H25NO3/c1-4-17-12(15)11-5-8-14(9-6-11)10-7-13(2,3)16/h11,16H,4-10H2,1-3H3. The molecule has 0 saturated carbocycles. The van der Waals surface area contributed by atoms with Crippen molar-refractivity contribution in [2.24, 2.45) is 5.92 Å². The van der Waals surface area contributed by atoms with Gasteiger partial charge in [-0.1, -0.05) is 0 Å². The lowest BCUT2D eigenvalue weighted by molar-refractivity contribution is -0.149. The summed E-state index contributed by atoms with van der Waals surface area (Å²) in [6, 6.07) is 0. The number of carbonyl (C=O) groups is 1. The van der Waals surface area contributed by atoms with Crippen LogP contribution in [0.2, 0.25) is 0 Å². The van der Waals surface area contributed by atoms with E-state index in [0.717, 1.165) is 38.9 Å². The van der Waals surface area contributed by atoms with Gasteiger partial charge in [0.2, 0.25) is 0 Å². The van der Waals surface area contributed by atoms with E-state index < -0.39 is 5.60 Å². The maximum atomic E-state index is 11.5. The first-order chi connectivity index (χ1) is 7.92. The highest BCUT2D eigenvalue weighted by molar-refractivity contribution is 5.72. The molecule has 1 saturated heterocycles. The molecule has 0 spiro atoms. The lowest BCUT2D eigenvalue weighted by Crippen LogP contribution is -2.39. The van der Waals surface area contributed by atoms with Crippen molar-refractivity contribution in [3.05, 3.63) is 0 Å². The van der Waals surface area contributed by atoms with Crippen LogP contribution in [0.1, 0.15) is 40.0 Å². The van der Waals surface area contributed by atoms with Crippen molar-refractivity contribution in [3.63, 3.8) is 0 Å². The molecule has 1 fully saturated rings. The quantitative estimate of drug-likeness (QED) is 0.742. The third-order valence-corrected chi connectivity index (χ3v) is 3.25. The molecule has 0 amide bonds. The molecule has 100 valence electrons. The molecule has 0 bridgehead atoms. The Morgan fingerprint density at radius 3 is 2.47 bits per heavy atom. The molecule has 0 aromatic carbocycles. The number of hydrogen-bond acceptors (Lipinski definition) is 4. The molecule has 1 rings (SSSR count). The van der Waals surface area contributed by atoms with E-state index in [1.54, 1.807) is 0 Å². The summed E-state index contributed by atoms with van der Waals surface area (Å²) in [6.07, 6.45) is 2.53. The van der Waals surface area contributed by atoms with E-state index in [9.17, 15) is 9.90 Å². The number of ether oxygens (including phenoxy) is 1. The fourth-order valence-electron chi connectivity index (χ4n) is 2.08. The van der Waals surface area contributed by atoms with Crippen molar-refractivity contribution < 1.29 is 14.6 Å². The van der Waals surface area contributed by atoms with Crippen LogP contribution in [-0.4, -0.2) is 47.8 Å². The number of piperidine rings is 1. The van der Waals surface area contributed by atoms with Crippen LogP contribution >= 0.6 is 0 Å². The molecule has 0 unspecified atom stereocenters. The molecule has 0 aromatic rings. The van der Waals surface area contributed by atoms with Crippen molar-refractivity contribution in [2.45, 2.75) is 45.6 Å². The molecule has 0 aliphatic carbocycles. The van der Waals surface area contributed by atoms with Gasteiger partial charge in [0.15, 0.2) is 0 Å². The molecule has 4 nitrogen and oxygen atoms in total. The van der Waals surface area contributed by atoms with Crippen molar-refractivity contribution in [2.75, 3.05) is 26.2 Å². The van der Waals surface area contributed by atoms with Crippen LogP contribution < -0.4 is 0 Å². The number of nitrogens with zero attached hydrogens (tertiary/aromatic N) is 1. The summed E-state index contributed by atoms with van der Waals surface area (Å²) in [7, 11) is 0. The van der Waals surface area contributed by atoms with E-state index in [1.807, 2.05) is 20.8 Å². The van der Waals surface area contributed by atoms with Gasteiger partial charge < -0.3 is 14.7 Å². The predicted octanol–water partition coefficient (Wildman–Crippen LogP) is 1.42. The second-order valence-corrected chi connectivity index (χ2v) is 5.43. The van der Waals surface area contributed by atoms with E-state index in [4.69, 9.17) is 4.74 Å². The Morgan fingerprint density at radius 2 is 2.00 bits per heavy atom. The van der Waals surface area contributed by atoms with Crippen molar-refractivity contribution in [1.82, 2.24) is 4.90 Å². The van der Waals surface area contributed by atoms with Crippen molar-refractivity contribution in [1.29, 1.82) is 0 Å². The molecular formula is C13H25NO3. The minimum atomic E-state index is -0.599. The van der Waals surface area contributed by atoms with Crippen LogP contribution in [0.3, 0.4) is 0 Å². The van der Waals surface area contributed by atoms with Gasteiger partial charge in [0.1, 0.15) is 0 Å². The van der Waals surface area contributed by atoms with Crippen LogP contribution in [0.25, 0.3) is 0 Å². The Morgan fingerprint density at radius 1 is 1.41 bits per heavy atom. The summed E-state index contributed by atoms with van der Waals surface area (Å²) in [4.78, 5) is 13.9. The second-order valence-electron chi connectivity index (χ2n) is 5.43. The average molecular weight is 243 g/mol. The maximum Gasteiger partial charge on any atom is 0.309 e. The largest absolute Gasteiger partial charge is 0.466 e. The zero-order valence-corrected chi connectivity index (χ0v) is 11.2. The minimum absolute atomic E-state index is 0.0466. The van der Waals surface area contributed by atoms with Crippen molar-refractivity contribution >= 4 is 5.97 Å². The Labute approximate surface area is 104 Å². The van der Waals surface area contributed by atoms with Crippen LogP contribution in [0.15, 0.2) is 0 Å². The minimum Gasteiger partial charge on any atom is -0.466 e. The van der Waals surface area contributed by atoms with Gasteiger partial charge in [0.25, 0.3) is 0 Å². The summed E-state index contributed by atoms with van der Waals surface area (Å²) in [5, 5.41) is 9.66. The summed E-state index contributed by atoms with van der Waals surface area (Å²) in [5.41, 5.74) is -0.599. The van der Waals surface area contributed by atoms with E-state index in [-0.39, 0.29) is 11.9 Å². The van der Waals surface area contributed by atoms with Gasteiger partial charge in [-0.05, 0) is 53.1 Å². The molecule has 4 heteroatoms. The lowest BCUT2D eigenvalue weighted by atomic mass is 9.96. The van der Waals surface area contributed by atoms with E-state index in [0.29, 0.717) is 6.61 Å². The Hall–Kier alpha value is -0.610. The Kier molecular flexibility index (Phi) is 5.40. The van der Waals surface area contributed by atoms with Gasteiger partial charge in [-0.2, -0.15) is 0 Å². The number of hydrogen-bond donors (Lipinski definition) is 1. The fourth-order valence-corrected chi connectivity index (χ4v) is 2.08. The summed E-state index contributed by atoms with van der Waals surface area (Å²) >= 11 is 0. The number of esters is 1. The predicted molar refractivity (Wildman–Crippen MR) is 66.7 cm³/mol. The maximum absolute atomic E-state index is 11.5. The van der Waals surface area contributed by atoms with Gasteiger partial charge in [-0.15, -0.1) is 0 Å². The molecule has 0 aromatic heterocycles. The first-order valence-electron chi connectivity index (χ1n) is 6.54. The second kappa shape index (κ2) is 6.36. The molecule has 17 heavy (non-hydrogen) atoms. The van der Waals surface area contributed by atoms with Crippen LogP contribution in [0.5, 0.6) is 0 Å². The molecule has 0 atom stereocenters.